The third-order valence-electron chi connectivity index (χ3n) is 6.17. The van der Waals surface area contributed by atoms with Crippen LogP contribution >= 0.6 is 11.6 Å². The van der Waals surface area contributed by atoms with Gasteiger partial charge in [0.15, 0.2) is 0 Å². The zero-order chi connectivity index (χ0) is 25.6. The fraction of sp³-hybridized carbons (Fsp3) is 0.440. The Balaban J connectivity index is 1.90. The predicted octanol–water partition coefficient (Wildman–Crippen LogP) is 3.43. The first-order valence-electron chi connectivity index (χ1n) is 11.7. The smallest absolute Gasteiger partial charge is 0.304 e. The van der Waals surface area contributed by atoms with E-state index in [1.54, 1.807) is 55.5 Å². The number of amides is 2. The number of carbonyl (C=O) groups excluding carboxylic acids is 2. The monoisotopic (exact) mass is 520 g/mol. The van der Waals surface area contributed by atoms with Crippen molar-refractivity contribution in [1.29, 1.82) is 0 Å². The first-order valence-corrected chi connectivity index (χ1v) is 13.5. The number of nitrogens with one attached hydrogen (secondary N) is 1. The maximum absolute atomic E-state index is 13.7. The molecule has 1 saturated carbocycles. The zero-order valence-corrected chi connectivity index (χ0v) is 21.9. The molecule has 0 unspecified atom stereocenters. The largest absolute Gasteiger partial charge is 0.352 e. The summed E-state index contributed by atoms with van der Waals surface area (Å²) in [5.74, 6) is -0.748. The van der Waals surface area contributed by atoms with Crippen LogP contribution in [0, 0.1) is 0 Å². The number of nitrogens with zero attached hydrogens (tertiary/aromatic N) is 3. The molecular weight excluding hydrogens is 488 g/mol. The molecule has 1 aliphatic rings. The molecule has 8 nitrogen and oxygen atoms in total. The molecule has 0 saturated heterocycles. The molecule has 0 aliphatic heterocycles. The summed E-state index contributed by atoms with van der Waals surface area (Å²) in [5, 5.41) is 3.56. The average molecular weight is 521 g/mol. The van der Waals surface area contributed by atoms with Gasteiger partial charge in [-0.2, -0.15) is 12.7 Å². The number of halogens is 1. The number of hydrogen-bond acceptors (Lipinski definition) is 4. The summed E-state index contributed by atoms with van der Waals surface area (Å²) < 4.78 is 28.3. The molecular formula is C25H33ClN4O4S. The van der Waals surface area contributed by atoms with E-state index in [-0.39, 0.29) is 18.5 Å². The molecule has 0 heterocycles. The van der Waals surface area contributed by atoms with Gasteiger partial charge in [0.1, 0.15) is 12.6 Å². The van der Waals surface area contributed by atoms with E-state index in [9.17, 15) is 18.0 Å². The van der Waals surface area contributed by atoms with Crippen molar-refractivity contribution >= 4 is 39.3 Å². The zero-order valence-electron chi connectivity index (χ0n) is 20.4. The summed E-state index contributed by atoms with van der Waals surface area (Å²) in [4.78, 5) is 28.2. The Hall–Kier alpha value is -2.62. The number of rotatable bonds is 10. The number of anilines is 1. The Kier molecular flexibility index (Phi) is 9.15. The highest BCUT2D eigenvalue weighted by Crippen LogP contribution is 2.22. The maximum atomic E-state index is 13.7. The van der Waals surface area contributed by atoms with Crippen LogP contribution in [-0.4, -0.2) is 62.2 Å². The molecule has 0 bridgehead atoms. The van der Waals surface area contributed by atoms with Crippen molar-refractivity contribution in [2.24, 2.45) is 0 Å². The van der Waals surface area contributed by atoms with Crippen molar-refractivity contribution in [3.05, 3.63) is 65.2 Å². The SMILES string of the molecule is C[C@H](C(=O)NC1CCCC1)N(Cc1cccc(Cl)c1)C(=O)CN(c1ccccc1)S(=O)(=O)N(C)C. The lowest BCUT2D eigenvalue weighted by Gasteiger charge is -2.33. The van der Waals surface area contributed by atoms with Crippen molar-refractivity contribution in [1.82, 2.24) is 14.5 Å². The molecule has 1 aliphatic carbocycles. The van der Waals surface area contributed by atoms with Crippen LogP contribution in [-0.2, 0) is 26.3 Å². The Morgan fingerprint density at radius 1 is 1.06 bits per heavy atom. The molecule has 0 spiro atoms. The molecule has 0 aromatic heterocycles. The van der Waals surface area contributed by atoms with Crippen LogP contribution in [0.2, 0.25) is 5.02 Å². The second kappa shape index (κ2) is 11.9. The predicted molar refractivity (Wildman–Crippen MR) is 138 cm³/mol. The van der Waals surface area contributed by atoms with Crippen molar-refractivity contribution < 1.29 is 18.0 Å². The number of carbonyl (C=O) groups is 2. The van der Waals surface area contributed by atoms with Gasteiger partial charge in [0.2, 0.25) is 11.8 Å². The molecule has 0 radical (unpaired) electrons. The van der Waals surface area contributed by atoms with Gasteiger partial charge in [0, 0.05) is 31.7 Å². The standard InChI is InChI=1S/C25H33ClN4O4S/c1-19(25(32)27-22-12-7-8-13-22)29(17-20-10-9-11-21(26)16-20)24(31)18-30(35(33,34)28(2)3)23-14-5-4-6-15-23/h4-6,9-11,14-16,19,22H,7-8,12-13,17-18H2,1-3H3,(H,27,32)/t19-/m1/s1. The van der Waals surface area contributed by atoms with Crippen LogP contribution < -0.4 is 9.62 Å². The maximum Gasteiger partial charge on any atom is 0.304 e. The van der Waals surface area contributed by atoms with Crippen LogP contribution in [0.15, 0.2) is 54.6 Å². The molecule has 10 heteroatoms. The summed E-state index contributed by atoms with van der Waals surface area (Å²) in [6, 6.07) is 14.8. The van der Waals surface area contributed by atoms with E-state index >= 15 is 0 Å². The van der Waals surface area contributed by atoms with Gasteiger partial charge in [-0.1, -0.05) is 54.8 Å². The fourth-order valence-electron chi connectivity index (χ4n) is 4.12. The highest BCUT2D eigenvalue weighted by molar-refractivity contribution is 7.90. The molecule has 3 rings (SSSR count). The summed E-state index contributed by atoms with van der Waals surface area (Å²) in [7, 11) is -1.14. The van der Waals surface area contributed by atoms with Crippen LogP contribution in [0.4, 0.5) is 5.69 Å². The van der Waals surface area contributed by atoms with E-state index in [0.29, 0.717) is 10.7 Å². The molecule has 2 aromatic rings. The van der Waals surface area contributed by atoms with Crippen molar-refractivity contribution in [2.45, 2.75) is 51.2 Å². The summed E-state index contributed by atoms with van der Waals surface area (Å²) in [6.07, 6.45) is 3.98. The second-order valence-corrected chi connectivity index (χ2v) is 11.5. The second-order valence-electron chi connectivity index (χ2n) is 8.95. The van der Waals surface area contributed by atoms with Crippen LogP contribution in [0.5, 0.6) is 0 Å². The van der Waals surface area contributed by atoms with E-state index < -0.39 is 28.7 Å². The number of benzene rings is 2. The first-order chi connectivity index (χ1) is 16.6. The van der Waals surface area contributed by atoms with Crippen molar-refractivity contribution in [2.75, 3.05) is 24.9 Å². The van der Waals surface area contributed by atoms with Crippen molar-refractivity contribution in [3.8, 4) is 0 Å². The van der Waals surface area contributed by atoms with E-state index in [4.69, 9.17) is 11.6 Å². The first kappa shape index (κ1) is 27.0. The Morgan fingerprint density at radius 3 is 2.31 bits per heavy atom. The molecule has 1 fully saturated rings. The van der Waals surface area contributed by atoms with Gasteiger partial charge in [0.05, 0.1) is 5.69 Å². The minimum absolute atomic E-state index is 0.100. The van der Waals surface area contributed by atoms with Crippen LogP contribution in [0.25, 0.3) is 0 Å². The van der Waals surface area contributed by atoms with Gasteiger partial charge in [-0.3, -0.25) is 9.59 Å². The van der Waals surface area contributed by atoms with E-state index in [2.05, 4.69) is 5.32 Å². The summed E-state index contributed by atoms with van der Waals surface area (Å²) >= 11 is 6.15. The Bertz CT molecular complexity index is 1120. The average Bonchev–Trinajstić information content (AvgIpc) is 3.33. The number of hydrogen-bond donors (Lipinski definition) is 1. The molecule has 2 amide bonds. The van der Waals surface area contributed by atoms with E-state index in [1.807, 2.05) is 6.07 Å². The highest BCUT2D eigenvalue weighted by Gasteiger charge is 2.33. The normalized spacial score (nSPS) is 15.1. The topological polar surface area (TPSA) is 90.0 Å². The minimum atomic E-state index is -3.97. The molecule has 35 heavy (non-hydrogen) atoms. The van der Waals surface area contributed by atoms with Gasteiger partial charge in [-0.25, -0.2) is 4.31 Å². The Labute approximate surface area is 213 Å². The molecule has 1 N–H and O–H groups in total. The third kappa shape index (κ3) is 6.96. The van der Waals surface area contributed by atoms with Crippen LogP contribution in [0.1, 0.15) is 38.2 Å². The fourth-order valence-corrected chi connectivity index (χ4v) is 5.39. The lowest BCUT2D eigenvalue weighted by molar-refractivity contribution is -0.139. The third-order valence-corrected chi connectivity index (χ3v) is 8.23. The quantitative estimate of drug-likeness (QED) is 0.519. The van der Waals surface area contributed by atoms with E-state index in [0.717, 1.165) is 39.9 Å². The summed E-state index contributed by atoms with van der Waals surface area (Å²) in [5.41, 5.74) is 1.11. The minimum Gasteiger partial charge on any atom is -0.352 e. The van der Waals surface area contributed by atoms with Gasteiger partial charge < -0.3 is 10.2 Å². The lowest BCUT2D eigenvalue weighted by Crippen LogP contribution is -2.53. The van der Waals surface area contributed by atoms with Crippen molar-refractivity contribution in [3.63, 3.8) is 0 Å². The number of para-hydroxylation sites is 1. The van der Waals surface area contributed by atoms with E-state index in [1.165, 1.54) is 19.0 Å². The molecule has 2 aromatic carbocycles. The molecule has 1 atom stereocenters. The van der Waals surface area contributed by atoms with Gasteiger partial charge in [-0.05, 0) is 49.6 Å². The van der Waals surface area contributed by atoms with Gasteiger partial charge in [-0.15, -0.1) is 0 Å². The van der Waals surface area contributed by atoms with Gasteiger partial charge in [0.25, 0.3) is 0 Å². The molecule has 190 valence electrons. The van der Waals surface area contributed by atoms with Crippen LogP contribution in [0.3, 0.4) is 0 Å². The lowest BCUT2D eigenvalue weighted by atomic mass is 10.1. The highest BCUT2D eigenvalue weighted by atomic mass is 35.5. The van der Waals surface area contributed by atoms with Gasteiger partial charge >= 0.3 is 10.2 Å². The Morgan fingerprint density at radius 2 is 1.71 bits per heavy atom. The summed E-state index contributed by atoms with van der Waals surface area (Å²) in [6.45, 7) is 1.33.